The van der Waals surface area contributed by atoms with Crippen molar-refractivity contribution < 1.29 is 4.79 Å². The van der Waals surface area contributed by atoms with Crippen LogP contribution in [0.4, 0.5) is 0 Å². The van der Waals surface area contributed by atoms with E-state index >= 15 is 0 Å². The van der Waals surface area contributed by atoms with Gasteiger partial charge in [-0.25, -0.2) is 4.98 Å². The molecule has 21 heavy (non-hydrogen) atoms. The van der Waals surface area contributed by atoms with E-state index in [2.05, 4.69) is 4.98 Å². The molecule has 1 aromatic heterocycles. The molecule has 2 heterocycles. The molecule has 0 bridgehead atoms. The van der Waals surface area contributed by atoms with Gasteiger partial charge < -0.3 is 10.6 Å². The van der Waals surface area contributed by atoms with Crippen LogP contribution < -0.4 is 5.73 Å². The van der Waals surface area contributed by atoms with Gasteiger partial charge in [-0.15, -0.1) is 11.3 Å². The fourth-order valence-electron chi connectivity index (χ4n) is 2.48. The van der Waals surface area contributed by atoms with Crippen molar-refractivity contribution in [3.63, 3.8) is 0 Å². The lowest BCUT2D eigenvalue weighted by Gasteiger charge is -2.30. The van der Waals surface area contributed by atoms with E-state index in [4.69, 9.17) is 17.3 Å². The summed E-state index contributed by atoms with van der Waals surface area (Å²) in [5, 5.41) is 1.41. The van der Waals surface area contributed by atoms with E-state index in [0.29, 0.717) is 16.4 Å². The van der Waals surface area contributed by atoms with Crippen LogP contribution in [0.3, 0.4) is 0 Å². The highest BCUT2D eigenvalue weighted by Crippen LogP contribution is 2.31. The number of amides is 1. The summed E-state index contributed by atoms with van der Waals surface area (Å²) in [6, 6.07) is 7.60. The Balaban J connectivity index is 1.82. The molecule has 0 spiro atoms. The van der Waals surface area contributed by atoms with E-state index in [1.165, 1.54) is 11.3 Å². The molecule has 1 fully saturated rings. The minimum absolute atomic E-state index is 0.0148. The number of benzene rings is 1. The summed E-state index contributed by atoms with van der Waals surface area (Å²) in [4.78, 5) is 19.3. The highest BCUT2D eigenvalue weighted by atomic mass is 35.5. The van der Waals surface area contributed by atoms with Gasteiger partial charge in [0.05, 0.1) is 11.2 Å². The Bertz CT molecular complexity index is 658. The summed E-state index contributed by atoms with van der Waals surface area (Å²) in [5.74, 6) is 0.0148. The average molecular weight is 322 g/mol. The van der Waals surface area contributed by atoms with E-state index in [-0.39, 0.29) is 11.9 Å². The summed E-state index contributed by atoms with van der Waals surface area (Å²) < 4.78 is 0. The molecule has 3 rings (SSSR count). The van der Waals surface area contributed by atoms with Crippen molar-refractivity contribution in [3.05, 3.63) is 40.4 Å². The second-order valence-corrected chi connectivity index (χ2v) is 6.60. The Hall–Kier alpha value is -1.43. The molecule has 2 N–H and O–H groups in total. The van der Waals surface area contributed by atoms with Crippen molar-refractivity contribution in [2.75, 3.05) is 13.1 Å². The predicted octanol–water partition coefficient (Wildman–Crippen LogP) is 3.03. The highest BCUT2D eigenvalue weighted by Gasteiger charge is 2.24. The van der Waals surface area contributed by atoms with Gasteiger partial charge >= 0.3 is 0 Å². The van der Waals surface area contributed by atoms with E-state index in [1.807, 2.05) is 29.2 Å². The van der Waals surface area contributed by atoms with Gasteiger partial charge in [-0.2, -0.15) is 0 Å². The summed E-state index contributed by atoms with van der Waals surface area (Å²) in [6.07, 6.45) is 3.58. The maximum Gasteiger partial charge on any atom is 0.265 e. The van der Waals surface area contributed by atoms with Gasteiger partial charge in [-0.05, 0) is 18.9 Å². The Kier molecular flexibility index (Phi) is 4.24. The molecule has 1 unspecified atom stereocenters. The number of hydrogen-bond acceptors (Lipinski definition) is 4. The summed E-state index contributed by atoms with van der Waals surface area (Å²) in [5.41, 5.74) is 6.79. The van der Waals surface area contributed by atoms with Gasteiger partial charge in [0.25, 0.3) is 5.91 Å². The second-order valence-electron chi connectivity index (χ2n) is 5.16. The third kappa shape index (κ3) is 3.10. The van der Waals surface area contributed by atoms with Crippen molar-refractivity contribution in [3.8, 4) is 10.6 Å². The Labute approximate surface area is 132 Å². The normalized spacial score (nSPS) is 18.8. The second kappa shape index (κ2) is 6.13. The zero-order valence-electron chi connectivity index (χ0n) is 11.5. The molecule has 1 aliphatic heterocycles. The largest absolute Gasteiger partial charge is 0.336 e. The van der Waals surface area contributed by atoms with Crippen LogP contribution in [0.25, 0.3) is 10.6 Å². The van der Waals surface area contributed by atoms with Crippen molar-refractivity contribution in [2.45, 2.75) is 18.9 Å². The van der Waals surface area contributed by atoms with Gasteiger partial charge in [0, 0.05) is 24.7 Å². The number of carbonyl (C=O) groups is 1. The maximum atomic E-state index is 12.5. The van der Waals surface area contributed by atoms with Gasteiger partial charge in [-0.1, -0.05) is 29.8 Å². The van der Waals surface area contributed by atoms with Gasteiger partial charge in [-0.3, -0.25) is 4.79 Å². The topological polar surface area (TPSA) is 59.2 Å². The molecule has 1 aromatic carbocycles. The van der Waals surface area contributed by atoms with Crippen LogP contribution >= 0.6 is 22.9 Å². The number of aromatic nitrogens is 1. The monoisotopic (exact) mass is 321 g/mol. The molecule has 0 aliphatic carbocycles. The standard InChI is InChI=1S/C15H16ClN3OS/c16-12-6-2-1-5-11(12)14-18-8-13(21-14)15(20)19-7-3-4-10(17)9-19/h1-2,5-6,8,10H,3-4,7,9,17H2. The maximum absolute atomic E-state index is 12.5. The van der Waals surface area contributed by atoms with Crippen LogP contribution in [0.5, 0.6) is 0 Å². The van der Waals surface area contributed by atoms with Crippen LogP contribution in [-0.4, -0.2) is 34.9 Å². The SMILES string of the molecule is NC1CCCN(C(=O)c2cnc(-c3ccccc3Cl)s2)C1. The van der Waals surface area contributed by atoms with Gasteiger partial charge in [0.15, 0.2) is 0 Å². The lowest BCUT2D eigenvalue weighted by molar-refractivity contribution is 0.0713. The lowest BCUT2D eigenvalue weighted by Crippen LogP contribution is -2.45. The first-order valence-corrected chi connectivity index (χ1v) is 8.10. The van der Waals surface area contributed by atoms with Gasteiger partial charge in [0.2, 0.25) is 0 Å². The van der Waals surface area contributed by atoms with E-state index in [0.717, 1.165) is 30.0 Å². The Morgan fingerprint density at radius 2 is 2.24 bits per heavy atom. The number of piperidine rings is 1. The number of nitrogens with two attached hydrogens (primary N) is 1. The van der Waals surface area contributed by atoms with E-state index in [9.17, 15) is 4.79 Å². The average Bonchev–Trinajstić information content (AvgIpc) is 2.96. The smallest absolute Gasteiger partial charge is 0.265 e. The van der Waals surface area contributed by atoms with Crippen molar-refractivity contribution in [1.29, 1.82) is 0 Å². The summed E-state index contributed by atoms with van der Waals surface area (Å²) >= 11 is 7.55. The molecule has 6 heteroatoms. The molecule has 1 amide bonds. The number of hydrogen-bond donors (Lipinski definition) is 1. The summed E-state index contributed by atoms with van der Waals surface area (Å²) in [6.45, 7) is 1.39. The van der Waals surface area contributed by atoms with Gasteiger partial charge in [0.1, 0.15) is 9.88 Å². The van der Waals surface area contributed by atoms with Crippen molar-refractivity contribution >= 4 is 28.8 Å². The van der Waals surface area contributed by atoms with Crippen LogP contribution in [-0.2, 0) is 0 Å². The molecule has 4 nitrogen and oxygen atoms in total. The van der Waals surface area contributed by atoms with Crippen LogP contribution in [0.15, 0.2) is 30.5 Å². The zero-order chi connectivity index (χ0) is 14.8. The minimum Gasteiger partial charge on any atom is -0.336 e. The Morgan fingerprint density at radius 1 is 1.43 bits per heavy atom. The number of thiazole rings is 1. The number of likely N-dealkylation sites (tertiary alicyclic amines) is 1. The lowest BCUT2D eigenvalue weighted by atomic mass is 10.1. The molecule has 1 aliphatic rings. The molecular weight excluding hydrogens is 306 g/mol. The quantitative estimate of drug-likeness (QED) is 0.925. The number of carbonyl (C=O) groups excluding carboxylic acids is 1. The fourth-order valence-corrected chi connectivity index (χ4v) is 3.69. The first-order chi connectivity index (χ1) is 10.1. The van der Waals surface area contributed by atoms with E-state index in [1.54, 1.807) is 6.20 Å². The third-order valence-corrected chi connectivity index (χ3v) is 4.91. The molecule has 110 valence electrons. The van der Waals surface area contributed by atoms with Crippen molar-refractivity contribution in [1.82, 2.24) is 9.88 Å². The van der Waals surface area contributed by atoms with Crippen LogP contribution in [0.2, 0.25) is 5.02 Å². The Morgan fingerprint density at radius 3 is 3.00 bits per heavy atom. The predicted molar refractivity (Wildman–Crippen MR) is 85.7 cm³/mol. The number of rotatable bonds is 2. The fraction of sp³-hybridized carbons (Fsp3) is 0.333. The third-order valence-electron chi connectivity index (χ3n) is 3.57. The molecule has 1 saturated heterocycles. The molecule has 1 atom stereocenters. The van der Waals surface area contributed by atoms with Crippen LogP contribution in [0, 0.1) is 0 Å². The minimum atomic E-state index is 0.0148. The first kappa shape index (κ1) is 14.5. The highest BCUT2D eigenvalue weighted by molar-refractivity contribution is 7.17. The molecular formula is C15H16ClN3OS. The van der Waals surface area contributed by atoms with Crippen molar-refractivity contribution in [2.24, 2.45) is 5.73 Å². The van der Waals surface area contributed by atoms with E-state index < -0.39 is 0 Å². The van der Waals surface area contributed by atoms with Crippen LogP contribution in [0.1, 0.15) is 22.5 Å². The summed E-state index contributed by atoms with van der Waals surface area (Å²) in [7, 11) is 0. The molecule has 0 saturated carbocycles. The molecule has 2 aromatic rings. The zero-order valence-corrected chi connectivity index (χ0v) is 13.0. The first-order valence-electron chi connectivity index (χ1n) is 6.91. The molecule has 0 radical (unpaired) electrons. The number of halogens is 1. The number of nitrogens with zero attached hydrogens (tertiary/aromatic N) is 2.